The number of fused-ring (bicyclic) bond motifs is 4. The lowest BCUT2D eigenvalue weighted by Crippen LogP contribution is -2.65. The molecule has 0 saturated carbocycles. The third-order valence-electron chi connectivity index (χ3n) is 7.40. The van der Waals surface area contributed by atoms with Crippen molar-refractivity contribution in [2.24, 2.45) is 18.9 Å². The first-order valence-electron chi connectivity index (χ1n) is 11.3. The Kier molecular flexibility index (Phi) is 5.56. The summed E-state index contributed by atoms with van der Waals surface area (Å²) in [5.74, 6) is 2.47. The maximum Gasteiger partial charge on any atom is 0.251 e. The van der Waals surface area contributed by atoms with Crippen LogP contribution in [0.4, 0.5) is 0 Å². The molecule has 5 rings (SSSR count). The number of carbonyl (C=O) groups is 1. The molecule has 1 N–H and O–H groups in total. The van der Waals surface area contributed by atoms with Crippen molar-refractivity contribution in [2.75, 3.05) is 26.2 Å². The molecule has 0 aromatic carbocycles. The molecule has 30 heavy (non-hydrogen) atoms. The zero-order chi connectivity index (χ0) is 20.5. The van der Waals surface area contributed by atoms with Gasteiger partial charge >= 0.3 is 0 Å². The molecule has 0 radical (unpaired) electrons. The van der Waals surface area contributed by atoms with E-state index in [0.717, 1.165) is 31.4 Å². The number of aromatic nitrogens is 3. The Morgan fingerprint density at radius 3 is 2.80 bits per heavy atom. The summed E-state index contributed by atoms with van der Waals surface area (Å²) in [6.07, 6.45) is 12.5. The number of imidazole rings is 1. The van der Waals surface area contributed by atoms with Crippen molar-refractivity contribution >= 4 is 5.91 Å². The molecule has 0 unspecified atom stereocenters. The standard InChI is InChI=1S/C23H32N6O/c1-27-11-9-25-22(27)16-28-14-18-12-19(15-28)21(29-10-3-2-4-20(18)29)13-26-23(30)17-5-7-24-8-6-17/h5-9,11,18-21H,2-4,10,12-16H2,1H3,(H,26,30)/t18-,19-,20-,21-/m0/s1. The summed E-state index contributed by atoms with van der Waals surface area (Å²) < 4.78 is 2.13. The fourth-order valence-corrected chi connectivity index (χ4v) is 5.97. The van der Waals surface area contributed by atoms with Crippen LogP contribution in [0.25, 0.3) is 0 Å². The molecular formula is C23H32N6O. The molecule has 5 heterocycles. The molecular weight excluding hydrogens is 376 g/mol. The summed E-state index contributed by atoms with van der Waals surface area (Å²) in [4.78, 5) is 26.6. The minimum atomic E-state index is 0.00811. The van der Waals surface area contributed by atoms with Crippen LogP contribution in [0.5, 0.6) is 0 Å². The summed E-state index contributed by atoms with van der Waals surface area (Å²) in [5, 5.41) is 3.23. The summed E-state index contributed by atoms with van der Waals surface area (Å²) in [6.45, 7) is 5.07. The summed E-state index contributed by atoms with van der Waals surface area (Å²) in [7, 11) is 2.08. The third-order valence-corrected chi connectivity index (χ3v) is 7.40. The van der Waals surface area contributed by atoms with Gasteiger partial charge in [-0.25, -0.2) is 4.98 Å². The van der Waals surface area contributed by atoms with Crippen LogP contribution in [0.2, 0.25) is 0 Å². The highest BCUT2D eigenvalue weighted by molar-refractivity contribution is 5.93. The van der Waals surface area contributed by atoms with Crippen LogP contribution in [0.1, 0.15) is 41.9 Å². The molecule has 1 amide bonds. The van der Waals surface area contributed by atoms with Gasteiger partial charge in [0.25, 0.3) is 5.91 Å². The molecule has 0 spiro atoms. The monoisotopic (exact) mass is 408 g/mol. The highest BCUT2D eigenvalue weighted by Crippen LogP contribution is 2.41. The molecule has 7 heteroatoms. The number of rotatable bonds is 5. The number of hydrogen-bond acceptors (Lipinski definition) is 5. The largest absolute Gasteiger partial charge is 0.350 e. The van der Waals surface area contributed by atoms with Crippen molar-refractivity contribution in [1.29, 1.82) is 0 Å². The molecule has 2 aromatic heterocycles. The van der Waals surface area contributed by atoms with Crippen LogP contribution in [-0.4, -0.2) is 68.5 Å². The van der Waals surface area contributed by atoms with Crippen LogP contribution in [-0.2, 0) is 13.6 Å². The third kappa shape index (κ3) is 3.88. The second-order valence-electron chi connectivity index (χ2n) is 9.22. The first-order chi connectivity index (χ1) is 14.7. The van der Waals surface area contributed by atoms with E-state index in [9.17, 15) is 4.79 Å². The molecule has 2 bridgehead atoms. The van der Waals surface area contributed by atoms with E-state index in [1.807, 2.05) is 12.4 Å². The van der Waals surface area contributed by atoms with Gasteiger partial charge < -0.3 is 9.88 Å². The van der Waals surface area contributed by atoms with Crippen LogP contribution in [0.15, 0.2) is 36.9 Å². The molecule has 160 valence electrons. The summed E-state index contributed by atoms with van der Waals surface area (Å²) in [5.41, 5.74) is 0.689. The van der Waals surface area contributed by atoms with E-state index < -0.39 is 0 Å². The summed E-state index contributed by atoms with van der Waals surface area (Å²) >= 11 is 0. The highest BCUT2D eigenvalue weighted by atomic mass is 16.1. The molecule has 3 saturated heterocycles. The van der Waals surface area contributed by atoms with Crippen molar-refractivity contribution in [3.63, 3.8) is 0 Å². The van der Waals surface area contributed by atoms with E-state index >= 15 is 0 Å². The van der Waals surface area contributed by atoms with Gasteiger partial charge in [-0.05, 0) is 49.8 Å². The molecule has 3 aliphatic heterocycles. The lowest BCUT2D eigenvalue weighted by molar-refractivity contribution is -0.0723. The normalized spacial score (nSPS) is 29.4. The van der Waals surface area contributed by atoms with Gasteiger partial charge in [0.1, 0.15) is 5.82 Å². The van der Waals surface area contributed by atoms with Gasteiger partial charge in [0.2, 0.25) is 0 Å². The van der Waals surface area contributed by atoms with Gasteiger partial charge in [-0.3, -0.25) is 19.6 Å². The summed E-state index contributed by atoms with van der Waals surface area (Å²) in [6, 6.07) is 4.64. The quantitative estimate of drug-likeness (QED) is 0.819. The maximum atomic E-state index is 12.7. The van der Waals surface area contributed by atoms with Crippen LogP contribution >= 0.6 is 0 Å². The fourth-order valence-electron chi connectivity index (χ4n) is 5.97. The smallest absolute Gasteiger partial charge is 0.251 e. The predicted molar refractivity (Wildman–Crippen MR) is 115 cm³/mol. The van der Waals surface area contributed by atoms with Gasteiger partial charge in [-0.2, -0.15) is 0 Å². The fraction of sp³-hybridized carbons (Fsp3) is 0.609. The molecule has 7 nitrogen and oxygen atoms in total. The Bertz CT molecular complexity index is 868. The van der Waals surface area contributed by atoms with E-state index in [1.54, 1.807) is 24.5 Å². The molecule has 0 aliphatic carbocycles. The van der Waals surface area contributed by atoms with Crippen molar-refractivity contribution in [1.82, 2.24) is 29.7 Å². The molecule has 2 aromatic rings. The Hall–Kier alpha value is -2.25. The van der Waals surface area contributed by atoms with E-state index in [0.29, 0.717) is 23.6 Å². The van der Waals surface area contributed by atoms with Crippen LogP contribution < -0.4 is 5.32 Å². The van der Waals surface area contributed by atoms with E-state index in [2.05, 4.69) is 36.7 Å². The second-order valence-corrected chi connectivity index (χ2v) is 9.22. The number of aryl methyl sites for hydroxylation is 1. The Labute approximate surface area is 178 Å². The van der Waals surface area contributed by atoms with E-state index in [-0.39, 0.29) is 5.91 Å². The van der Waals surface area contributed by atoms with E-state index in [1.165, 1.54) is 38.8 Å². The first kappa shape index (κ1) is 19.7. The minimum Gasteiger partial charge on any atom is -0.350 e. The predicted octanol–water partition coefficient (Wildman–Crippen LogP) is 1.92. The highest BCUT2D eigenvalue weighted by Gasteiger charge is 2.47. The van der Waals surface area contributed by atoms with Gasteiger partial charge in [0, 0.05) is 69.1 Å². The zero-order valence-electron chi connectivity index (χ0n) is 17.8. The number of piperidine rings is 3. The first-order valence-corrected chi connectivity index (χ1v) is 11.3. The molecule has 3 aliphatic rings. The Morgan fingerprint density at radius 2 is 2.00 bits per heavy atom. The topological polar surface area (TPSA) is 66.3 Å². The number of likely N-dealkylation sites (tertiary alicyclic amines) is 1. The number of amides is 1. The average molecular weight is 409 g/mol. The van der Waals surface area contributed by atoms with Crippen molar-refractivity contribution in [2.45, 2.75) is 44.3 Å². The minimum absolute atomic E-state index is 0.00811. The SMILES string of the molecule is Cn1ccnc1CN1C[C@@H]2C[C@@H](C1)[C@H](CNC(=O)c1ccncc1)N1CCCC[C@@H]21. The molecule has 4 atom stereocenters. The Balaban J connectivity index is 1.31. The van der Waals surface area contributed by atoms with E-state index in [4.69, 9.17) is 0 Å². The number of nitrogens with zero attached hydrogens (tertiary/aromatic N) is 5. The second kappa shape index (κ2) is 8.47. The molecule has 3 fully saturated rings. The van der Waals surface area contributed by atoms with Gasteiger partial charge in [-0.15, -0.1) is 0 Å². The number of pyridine rings is 1. The van der Waals surface area contributed by atoms with Crippen molar-refractivity contribution < 1.29 is 4.79 Å². The lowest BCUT2D eigenvalue weighted by Gasteiger charge is -2.56. The van der Waals surface area contributed by atoms with Crippen molar-refractivity contribution in [3.8, 4) is 0 Å². The maximum absolute atomic E-state index is 12.7. The zero-order valence-corrected chi connectivity index (χ0v) is 17.8. The lowest BCUT2D eigenvalue weighted by atomic mass is 9.72. The number of carbonyl (C=O) groups excluding carboxylic acids is 1. The Morgan fingerprint density at radius 1 is 1.17 bits per heavy atom. The van der Waals surface area contributed by atoms with Crippen molar-refractivity contribution in [3.05, 3.63) is 48.3 Å². The van der Waals surface area contributed by atoms with Gasteiger partial charge in [-0.1, -0.05) is 6.42 Å². The van der Waals surface area contributed by atoms with Crippen LogP contribution in [0, 0.1) is 11.8 Å². The average Bonchev–Trinajstić information content (AvgIpc) is 3.18. The van der Waals surface area contributed by atoms with Gasteiger partial charge in [0.15, 0.2) is 0 Å². The number of nitrogens with one attached hydrogen (secondary N) is 1. The number of hydrogen-bond donors (Lipinski definition) is 1. The van der Waals surface area contributed by atoms with Gasteiger partial charge in [0.05, 0.1) is 6.54 Å². The van der Waals surface area contributed by atoms with Crippen LogP contribution in [0.3, 0.4) is 0 Å².